The van der Waals surface area contributed by atoms with Crippen molar-refractivity contribution in [1.82, 2.24) is 0 Å². The van der Waals surface area contributed by atoms with Crippen LogP contribution in [0.2, 0.25) is 0 Å². The van der Waals surface area contributed by atoms with Crippen molar-refractivity contribution < 1.29 is 28.5 Å². The first kappa shape index (κ1) is 18.5. The number of benzene rings is 1. The summed E-state index contributed by atoms with van der Waals surface area (Å²) >= 11 is 0. The third-order valence-electron chi connectivity index (χ3n) is 2.76. The van der Waals surface area contributed by atoms with Crippen LogP contribution in [0.25, 0.3) is 0 Å². The summed E-state index contributed by atoms with van der Waals surface area (Å²) in [5, 5.41) is 0. The molecule has 1 aromatic rings. The van der Waals surface area contributed by atoms with E-state index in [1.54, 1.807) is 45.0 Å². The van der Waals surface area contributed by atoms with Crippen LogP contribution in [0.5, 0.6) is 5.75 Å². The summed E-state index contributed by atoms with van der Waals surface area (Å²) in [6.07, 6.45) is -1.94. The number of esters is 1. The Bertz CT molecular complexity index is 585. The predicted molar refractivity (Wildman–Crippen MR) is 84.2 cm³/mol. The Morgan fingerprint density at radius 1 is 1.17 bits per heavy atom. The molecule has 1 rings (SSSR count). The molecular formula is C17H22O6. The molecule has 6 nitrogen and oxygen atoms in total. The average molecular weight is 322 g/mol. The zero-order valence-corrected chi connectivity index (χ0v) is 14.0. The van der Waals surface area contributed by atoms with E-state index < -0.39 is 23.8 Å². The molecule has 0 aliphatic carbocycles. The van der Waals surface area contributed by atoms with Crippen LogP contribution in [0.1, 0.15) is 32.4 Å². The SMILES string of the molecule is C=C(C(=O)OC)C(OC(=O)OC(C)(C)C)c1cccc(OC)c1. The Labute approximate surface area is 136 Å². The van der Waals surface area contributed by atoms with Gasteiger partial charge in [-0.3, -0.25) is 0 Å². The fourth-order valence-electron chi connectivity index (χ4n) is 1.75. The minimum absolute atomic E-state index is 0.0217. The van der Waals surface area contributed by atoms with Crippen molar-refractivity contribution in [2.45, 2.75) is 32.5 Å². The van der Waals surface area contributed by atoms with E-state index in [0.29, 0.717) is 11.3 Å². The molecule has 6 heteroatoms. The van der Waals surface area contributed by atoms with Crippen LogP contribution < -0.4 is 4.74 Å². The van der Waals surface area contributed by atoms with Crippen LogP contribution in [-0.4, -0.2) is 31.9 Å². The summed E-state index contributed by atoms with van der Waals surface area (Å²) in [7, 11) is 2.74. The van der Waals surface area contributed by atoms with E-state index in [1.807, 2.05) is 0 Å². The Kier molecular flexibility index (Phi) is 6.18. The molecule has 23 heavy (non-hydrogen) atoms. The number of hydrogen-bond acceptors (Lipinski definition) is 6. The van der Waals surface area contributed by atoms with Gasteiger partial charge in [-0.1, -0.05) is 18.7 Å². The van der Waals surface area contributed by atoms with Gasteiger partial charge in [-0.05, 0) is 32.9 Å². The van der Waals surface area contributed by atoms with Gasteiger partial charge in [0.15, 0.2) is 6.10 Å². The number of hydrogen-bond donors (Lipinski definition) is 0. The molecule has 1 aromatic carbocycles. The number of ether oxygens (including phenoxy) is 4. The molecule has 1 unspecified atom stereocenters. The standard InChI is InChI=1S/C17H22O6/c1-11(15(18)21-6)14(22-16(19)23-17(2,3)4)12-8-7-9-13(10-12)20-5/h7-10,14H,1H2,2-6H3. The lowest BCUT2D eigenvalue weighted by Crippen LogP contribution is -2.27. The second-order valence-corrected chi connectivity index (χ2v) is 5.76. The maximum Gasteiger partial charge on any atom is 0.509 e. The van der Waals surface area contributed by atoms with Gasteiger partial charge in [0.05, 0.1) is 19.8 Å². The highest BCUT2D eigenvalue weighted by molar-refractivity contribution is 5.89. The quantitative estimate of drug-likeness (QED) is 0.611. The van der Waals surface area contributed by atoms with Gasteiger partial charge in [0, 0.05) is 5.56 Å². The fraction of sp³-hybridized carbons (Fsp3) is 0.412. The number of methoxy groups -OCH3 is 2. The van der Waals surface area contributed by atoms with Crippen LogP contribution in [0.4, 0.5) is 4.79 Å². The van der Waals surface area contributed by atoms with Gasteiger partial charge in [-0.15, -0.1) is 0 Å². The second-order valence-electron chi connectivity index (χ2n) is 5.76. The Balaban J connectivity index is 3.09. The molecule has 0 saturated carbocycles. The van der Waals surface area contributed by atoms with E-state index in [4.69, 9.17) is 14.2 Å². The van der Waals surface area contributed by atoms with Gasteiger partial charge in [-0.2, -0.15) is 0 Å². The lowest BCUT2D eigenvalue weighted by molar-refractivity contribution is -0.137. The first-order chi connectivity index (χ1) is 10.7. The summed E-state index contributed by atoms with van der Waals surface area (Å²) in [5.74, 6) is -0.126. The van der Waals surface area contributed by atoms with Crippen molar-refractivity contribution in [1.29, 1.82) is 0 Å². The van der Waals surface area contributed by atoms with Crippen molar-refractivity contribution in [2.75, 3.05) is 14.2 Å². The van der Waals surface area contributed by atoms with Gasteiger partial charge in [-0.25, -0.2) is 9.59 Å². The van der Waals surface area contributed by atoms with Gasteiger partial charge in [0.25, 0.3) is 0 Å². The van der Waals surface area contributed by atoms with Crippen LogP contribution in [-0.2, 0) is 19.0 Å². The second kappa shape index (κ2) is 7.67. The molecule has 0 radical (unpaired) electrons. The molecule has 0 N–H and O–H groups in total. The Morgan fingerprint density at radius 3 is 2.35 bits per heavy atom. The van der Waals surface area contributed by atoms with E-state index in [0.717, 1.165) is 0 Å². The third-order valence-corrected chi connectivity index (χ3v) is 2.76. The van der Waals surface area contributed by atoms with Gasteiger partial charge in [0.1, 0.15) is 11.4 Å². The molecule has 0 spiro atoms. The topological polar surface area (TPSA) is 71.1 Å². The highest BCUT2D eigenvalue weighted by atomic mass is 16.7. The van der Waals surface area contributed by atoms with Gasteiger partial charge in [0.2, 0.25) is 0 Å². The van der Waals surface area contributed by atoms with E-state index in [1.165, 1.54) is 14.2 Å². The highest BCUT2D eigenvalue weighted by Gasteiger charge is 2.28. The van der Waals surface area contributed by atoms with Crippen molar-refractivity contribution in [3.8, 4) is 5.75 Å². The van der Waals surface area contributed by atoms with Crippen molar-refractivity contribution in [3.05, 3.63) is 42.0 Å². The lowest BCUT2D eigenvalue weighted by Gasteiger charge is -2.23. The summed E-state index contributed by atoms with van der Waals surface area (Å²) in [4.78, 5) is 23.7. The minimum Gasteiger partial charge on any atom is -0.497 e. The molecular weight excluding hydrogens is 300 g/mol. The lowest BCUT2D eigenvalue weighted by atomic mass is 10.0. The van der Waals surface area contributed by atoms with Crippen molar-refractivity contribution in [2.24, 2.45) is 0 Å². The first-order valence-electron chi connectivity index (χ1n) is 6.98. The van der Waals surface area contributed by atoms with Crippen LogP contribution >= 0.6 is 0 Å². The molecule has 0 heterocycles. The number of carbonyl (C=O) groups excluding carboxylic acids is 2. The molecule has 0 amide bonds. The minimum atomic E-state index is -1.03. The molecule has 0 aliphatic heterocycles. The van der Waals surface area contributed by atoms with Crippen molar-refractivity contribution in [3.63, 3.8) is 0 Å². The van der Waals surface area contributed by atoms with E-state index >= 15 is 0 Å². The summed E-state index contributed by atoms with van der Waals surface area (Å²) in [5.41, 5.74) is -0.222. The van der Waals surface area contributed by atoms with Crippen LogP contribution in [0, 0.1) is 0 Å². The maximum absolute atomic E-state index is 11.9. The molecule has 1 atom stereocenters. The first-order valence-corrected chi connectivity index (χ1v) is 6.98. The molecule has 0 aromatic heterocycles. The highest BCUT2D eigenvalue weighted by Crippen LogP contribution is 2.29. The maximum atomic E-state index is 11.9. The third kappa shape index (κ3) is 5.65. The molecule has 0 aliphatic rings. The van der Waals surface area contributed by atoms with Gasteiger partial charge >= 0.3 is 12.1 Å². The van der Waals surface area contributed by atoms with E-state index in [2.05, 4.69) is 11.3 Å². The fourth-order valence-corrected chi connectivity index (χ4v) is 1.75. The Morgan fingerprint density at radius 2 is 1.83 bits per heavy atom. The molecule has 0 bridgehead atoms. The summed E-state index contributed by atoms with van der Waals surface area (Å²) in [6, 6.07) is 6.77. The average Bonchev–Trinajstić information content (AvgIpc) is 2.49. The van der Waals surface area contributed by atoms with Gasteiger partial charge < -0.3 is 18.9 Å². The van der Waals surface area contributed by atoms with E-state index in [-0.39, 0.29) is 5.57 Å². The van der Waals surface area contributed by atoms with Crippen LogP contribution in [0.3, 0.4) is 0 Å². The summed E-state index contributed by atoms with van der Waals surface area (Å²) < 4.78 is 20.2. The molecule has 126 valence electrons. The largest absolute Gasteiger partial charge is 0.509 e. The monoisotopic (exact) mass is 322 g/mol. The van der Waals surface area contributed by atoms with Crippen LogP contribution in [0.15, 0.2) is 36.4 Å². The predicted octanol–water partition coefficient (Wildman–Crippen LogP) is 3.42. The summed E-state index contributed by atoms with van der Waals surface area (Å²) in [6.45, 7) is 8.80. The zero-order valence-electron chi connectivity index (χ0n) is 14.0. The van der Waals surface area contributed by atoms with Crippen molar-refractivity contribution >= 4 is 12.1 Å². The molecule has 0 saturated heterocycles. The number of carbonyl (C=O) groups is 2. The molecule has 0 fully saturated rings. The Hall–Kier alpha value is -2.50. The van der Waals surface area contributed by atoms with E-state index in [9.17, 15) is 9.59 Å². The zero-order chi connectivity index (χ0) is 17.6. The smallest absolute Gasteiger partial charge is 0.497 e. The normalized spacial score (nSPS) is 12.0. The number of rotatable bonds is 5.